The zero-order valence-electron chi connectivity index (χ0n) is 16.7. The van der Waals surface area contributed by atoms with E-state index in [0.29, 0.717) is 28.2 Å². The van der Waals surface area contributed by atoms with Crippen molar-refractivity contribution in [1.29, 1.82) is 0 Å². The Balaban J connectivity index is 1.82. The lowest BCUT2D eigenvalue weighted by Crippen LogP contribution is -2.18. The number of hydrogen-bond acceptors (Lipinski definition) is 3. The van der Waals surface area contributed by atoms with Gasteiger partial charge in [-0.25, -0.2) is 0 Å². The lowest BCUT2D eigenvalue weighted by atomic mass is 10.0. The topological polar surface area (TPSA) is 59.4 Å². The van der Waals surface area contributed by atoms with Crippen molar-refractivity contribution in [2.75, 3.05) is 7.11 Å². The van der Waals surface area contributed by atoms with Crippen LogP contribution >= 0.6 is 11.6 Å². The number of nitrogens with zero attached hydrogens (tertiary/aromatic N) is 2. The van der Waals surface area contributed by atoms with Gasteiger partial charge in [0.2, 0.25) is 0 Å². The molecule has 5 rings (SSSR count). The minimum atomic E-state index is -0.289. The number of methoxy groups -OCH3 is 1. The predicted octanol–water partition coefficient (Wildman–Crippen LogP) is 5.69. The first-order valence-electron chi connectivity index (χ1n) is 9.77. The third kappa shape index (κ3) is 3.29. The molecule has 0 aliphatic rings. The molecular formula is C25H18ClN3O2. The summed E-state index contributed by atoms with van der Waals surface area (Å²) in [7, 11) is 1.60. The Hall–Kier alpha value is -3.83. The van der Waals surface area contributed by atoms with Crippen LogP contribution < -0.4 is 10.3 Å². The lowest BCUT2D eigenvalue weighted by Gasteiger charge is -2.07. The van der Waals surface area contributed by atoms with Gasteiger partial charge in [-0.1, -0.05) is 84.4 Å². The Morgan fingerprint density at radius 1 is 0.806 bits per heavy atom. The van der Waals surface area contributed by atoms with Gasteiger partial charge >= 0.3 is 0 Å². The molecule has 3 aromatic carbocycles. The molecule has 152 valence electrons. The third-order valence-electron chi connectivity index (χ3n) is 5.23. The van der Waals surface area contributed by atoms with Crippen molar-refractivity contribution in [2.45, 2.75) is 0 Å². The maximum atomic E-state index is 13.5. The van der Waals surface area contributed by atoms with E-state index in [1.165, 1.54) is 4.52 Å². The first-order chi connectivity index (χ1) is 15.2. The molecule has 5 aromatic rings. The Bertz CT molecular complexity index is 1420. The summed E-state index contributed by atoms with van der Waals surface area (Å²) in [6, 6.07) is 26.9. The standard InChI is InChI=1S/C25H18ClN3O2/c1-31-19-14-12-17(13-15-19)21-23(26)27-24-20(16-8-4-2-5-9-16)22(28-29(24)25(21)30)18-10-6-3-7-11-18/h2-15,27H,1H3. The maximum absolute atomic E-state index is 13.5. The van der Waals surface area contributed by atoms with Gasteiger partial charge in [-0.2, -0.15) is 9.61 Å². The number of aromatic amines is 1. The number of rotatable bonds is 4. The predicted molar refractivity (Wildman–Crippen MR) is 124 cm³/mol. The van der Waals surface area contributed by atoms with Crippen LogP contribution in [0.4, 0.5) is 0 Å². The Kier molecular flexibility index (Phi) is 4.81. The molecule has 0 saturated carbocycles. The van der Waals surface area contributed by atoms with E-state index in [1.54, 1.807) is 31.4 Å². The minimum Gasteiger partial charge on any atom is -0.497 e. The second-order valence-corrected chi connectivity index (χ2v) is 7.44. The Morgan fingerprint density at radius 3 is 2.00 bits per heavy atom. The van der Waals surface area contributed by atoms with Gasteiger partial charge in [0, 0.05) is 5.56 Å². The summed E-state index contributed by atoms with van der Waals surface area (Å²) >= 11 is 6.60. The number of H-pyrrole nitrogens is 1. The van der Waals surface area contributed by atoms with Crippen molar-refractivity contribution in [3.8, 4) is 39.3 Å². The number of halogens is 1. The van der Waals surface area contributed by atoms with Gasteiger partial charge in [-0.3, -0.25) is 4.79 Å². The normalized spacial score (nSPS) is 11.0. The van der Waals surface area contributed by atoms with Crippen molar-refractivity contribution >= 4 is 17.2 Å². The average Bonchev–Trinajstić information content (AvgIpc) is 3.20. The van der Waals surface area contributed by atoms with E-state index in [9.17, 15) is 4.79 Å². The highest BCUT2D eigenvalue weighted by molar-refractivity contribution is 6.32. The molecule has 0 unspecified atom stereocenters. The molecule has 0 atom stereocenters. The van der Waals surface area contributed by atoms with Crippen molar-refractivity contribution in [2.24, 2.45) is 0 Å². The maximum Gasteiger partial charge on any atom is 0.283 e. The highest BCUT2D eigenvalue weighted by Gasteiger charge is 2.22. The first kappa shape index (κ1) is 19.2. The molecule has 0 bridgehead atoms. The van der Waals surface area contributed by atoms with Crippen LogP contribution in [0.1, 0.15) is 0 Å². The second-order valence-electron chi connectivity index (χ2n) is 7.06. The summed E-state index contributed by atoms with van der Waals surface area (Å²) in [5, 5.41) is 4.97. The molecule has 0 amide bonds. The van der Waals surface area contributed by atoms with Crippen LogP contribution in [0.2, 0.25) is 5.15 Å². The Labute approximate surface area is 183 Å². The molecule has 5 nitrogen and oxygen atoms in total. The van der Waals surface area contributed by atoms with E-state index in [2.05, 4.69) is 4.98 Å². The van der Waals surface area contributed by atoms with Crippen LogP contribution in [0.15, 0.2) is 89.7 Å². The van der Waals surface area contributed by atoms with E-state index in [-0.39, 0.29) is 10.7 Å². The summed E-state index contributed by atoms with van der Waals surface area (Å²) in [6.07, 6.45) is 0. The molecule has 2 heterocycles. The fraction of sp³-hybridized carbons (Fsp3) is 0.0400. The molecule has 0 aliphatic carbocycles. The third-order valence-corrected chi connectivity index (χ3v) is 5.51. The number of ether oxygens (including phenoxy) is 1. The van der Waals surface area contributed by atoms with Gasteiger partial charge in [0.05, 0.1) is 18.2 Å². The molecule has 0 spiro atoms. The fourth-order valence-electron chi connectivity index (χ4n) is 3.73. The summed E-state index contributed by atoms with van der Waals surface area (Å²) in [5.41, 5.74) is 4.71. The van der Waals surface area contributed by atoms with Gasteiger partial charge in [-0.15, -0.1) is 0 Å². The largest absolute Gasteiger partial charge is 0.497 e. The average molecular weight is 428 g/mol. The van der Waals surface area contributed by atoms with Gasteiger partial charge in [0.1, 0.15) is 22.2 Å². The number of benzene rings is 3. The highest BCUT2D eigenvalue weighted by atomic mass is 35.5. The Morgan fingerprint density at radius 2 is 1.39 bits per heavy atom. The molecule has 2 aromatic heterocycles. The lowest BCUT2D eigenvalue weighted by molar-refractivity contribution is 0.415. The van der Waals surface area contributed by atoms with Crippen LogP contribution in [0.25, 0.3) is 39.2 Å². The monoisotopic (exact) mass is 427 g/mol. The van der Waals surface area contributed by atoms with Gasteiger partial charge in [-0.05, 0) is 23.3 Å². The second kappa shape index (κ2) is 7.78. The summed E-state index contributed by atoms with van der Waals surface area (Å²) in [5.74, 6) is 0.703. The summed E-state index contributed by atoms with van der Waals surface area (Å²) in [6.45, 7) is 0. The van der Waals surface area contributed by atoms with E-state index < -0.39 is 0 Å². The molecule has 0 fully saturated rings. The zero-order valence-corrected chi connectivity index (χ0v) is 17.4. The summed E-state index contributed by atoms with van der Waals surface area (Å²) in [4.78, 5) is 16.7. The van der Waals surface area contributed by atoms with Crippen molar-refractivity contribution in [1.82, 2.24) is 14.6 Å². The van der Waals surface area contributed by atoms with Crippen molar-refractivity contribution in [3.63, 3.8) is 0 Å². The molecule has 6 heteroatoms. The summed E-state index contributed by atoms with van der Waals surface area (Å²) < 4.78 is 6.62. The molecule has 0 saturated heterocycles. The minimum absolute atomic E-state index is 0.263. The number of hydrogen-bond donors (Lipinski definition) is 1. The molecule has 31 heavy (non-hydrogen) atoms. The van der Waals surface area contributed by atoms with Gasteiger partial charge in [0.15, 0.2) is 0 Å². The molecule has 0 aliphatic heterocycles. The zero-order chi connectivity index (χ0) is 21.4. The van der Waals surface area contributed by atoms with Gasteiger partial charge in [0.25, 0.3) is 5.56 Å². The van der Waals surface area contributed by atoms with Crippen LogP contribution in [0.5, 0.6) is 5.75 Å². The van der Waals surface area contributed by atoms with Crippen LogP contribution in [0.3, 0.4) is 0 Å². The van der Waals surface area contributed by atoms with Crippen LogP contribution in [-0.2, 0) is 0 Å². The number of fused-ring (bicyclic) bond motifs is 1. The van der Waals surface area contributed by atoms with E-state index in [4.69, 9.17) is 21.4 Å². The van der Waals surface area contributed by atoms with E-state index in [1.807, 2.05) is 60.7 Å². The fourth-order valence-corrected chi connectivity index (χ4v) is 4.01. The number of nitrogens with one attached hydrogen (secondary N) is 1. The SMILES string of the molecule is COc1ccc(-c2c(Cl)[nH]c3c(-c4ccccc4)c(-c4ccccc4)nn3c2=O)cc1. The number of aromatic nitrogens is 3. The van der Waals surface area contributed by atoms with E-state index in [0.717, 1.165) is 16.7 Å². The van der Waals surface area contributed by atoms with Gasteiger partial charge < -0.3 is 9.72 Å². The smallest absolute Gasteiger partial charge is 0.283 e. The molecule has 0 radical (unpaired) electrons. The van der Waals surface area contributed by atoms with Crippen molar-refractivity contribution in [3.05, 3.63) is 100 Å². The van der Waals surface area contributed by atoms with Crippen molar-refractivity contribution < 1.29 is 4.74 Å². The molecular weight excluding hydrogens is 410 g/mol. The van der Waals surface area contributed by atoms with Crippen LogP contribution in [0, 0.1) is 0 Å². The quantitative estimate of drug-likeness (QED) is 0.375. The molecule has 1 N–H and O–H groups in total. The first-order valence-corrected chi connectivity index (χ1v) is 10.1. The van der Waals surface area contributed by atoms with Crippen LogP contribution in [-0.4, -0.2) is 21.7 Å². The highest BCUT2D eigenvalue weighted by Crippen LogP contribution is 2.35. The van der Waals surface area contributed by atoms with E-state index >= 15 is 0 Å².